The van der Waals surface area contributed by atoms with Crippen molar-refractivity contribution in [1.29, 1.82) is 0 Å². The number of hydrogen-bond donors (Lipinski definition) is 1. The molecule has 1 aliphatic carbocycles. The predicted molar refractivity (Wildman–Crippen MR) is 49.5 cm³/mol. The second-order valence-electron chi connectivity index (χ2n) is 4.26. The molecule has 0 spiro atoms. The molecular formula is C10H21N. The third-order valence-electron chi connectivity index (χ3n) is 3.05. The molecule has 1 nitrogen and oxygen atoms in total. The lowest BCUT2D eigenvalue weighted by Crippen LogP contribution is -2.29. The topological polar surface area (TPSA) is 26.0 Å². The molecule has 1 rings (SSSR count). The Morgan fingerprint density at radius 2 is 2.00 bits per heavy atom. The first-order chi connectivity index (χ1) is 5.19. The molecule has 11 heavy (non-hydrogen) atoms. The van der Waals surface area contributed by atoms with Crippen molar-refractivity contribution in [3.63, 3.8) is 0 Å². The minimum atomic E-state index is 0.481. The van der Waals surface area contributed by atoms with E-state index in [0.717, 1.165) is 0 Å². The molecule has 0 amide bonds. The lowest BCUT2D eigenvalue weighted by molar-refractivity contribution is 0.398. The Hall–Kier alpha value is -0.0400. The van der Waals surface area contributed by atoms with Crippen molar-refractivity contribution >= 4 is 0 Å². The Labute approximate surface area is 70.4 Å². The van der Waals surface area contributed by atoms with E-state index in [4.69, 9.17) is 5.73 Å². The SMILES string of the molecule is CCCCCC(N)C1(C)CC1. The van der Waals surface area contributed by atoms with Crippen molar-refractivity contribution in [2.75, 3.05) is 0 Å². The Kier molecular flexibility index (Phi) is 2.94. The zero-order valence-electron chi connectivity index (χ0n) is 7.90. The van der Waals surface area contributed by atoms with Crippen molar-refractivity contribution in [3.8, 4) is 0 Å². The summed E-state index contributed by atoms with van der Waals surface area (Å²) in [5.41, 5.74) is 6.59. The number of unbranched alkanes of at least 4 members (excludes halogenated alkanes) is 2. The molecule has 1 aliphatic rings. The van der Waals surface area contributed by atoms with Gasteiger partial charge in [0.25, 0.3) is 0 Å². The maximum atomic E-state index is 6.05. The van der Waals surface area contributed by atoms with Crippen LogP contribution < -0.4 is 5.73 Å². The summed E-state index contributed by atoms with van der Waals surface area (Å²) >= 11 is 0. The van der Waals surface area contributed by atoms with E-state index < -0.39 is 0 Å². The van der Waals surface area contributed by atoms with Gasteiger partial charge in [0.05, 0.1) is 0 Å². The molecular weight excluding hydrogens is 134 g/mol. The van der Waals surface area contributed by atoms with Crippen LogP contribution >= 0.6 is 0 Å². The van der Waals surface area contributed by atoms with Crippen LogP contribution in [0.2, 0.25) is 0 Å². The van der Waals surface area contributed by atoms with Crippen LogP contribution in [0.4, 0.5) is 0 Å². The lowest BCUT2D eigenvalue weighted by atomic mass is 9.94. The third-order valence-corrected chi connectivity index (χ3v) is 3.05. The van der Waals surface area contributed by atoms with Gasteiger partial charge in [-0.25, -0.2) is 0 Å². The highest BCUT2D eigenvalue weighted by molar-refractivity contribution is 4.96. The van der Waals surface area contributed by atoms with Gasteiger partial charge in [-0.05, 0) is 24.7 Å². The molecule has 0 bridgehead atoms. The second-order valence-corrected chi connectivity index (χ2v) is 4.26. The normalized spacial score (nSPS) is 23.2. The Balaban J connectivity index is 2.06. The van der Waals surface area contributed by atoms with Crippen molar-refractivity contribution in [3.05, 3.63) is 0 Å². The number of rotatable bonds is 5. The fourth-order valence-corrected chi connectivity index (χ4v) is 1.53. The van der Waals surface area contributed by atoms with Gasteiger partial charge in [-0.1, -0.05) is 33.1 Å². The molecule has 66 valence electrons. The zero-order chi connectivity index (χ0) is 8.32. The molecule has 0 radical (unpaired) electrons. The largest absolute Gasteiger partial charge is 0.327 e. The fraction of sp³-hybridized carbons (Fsp3) is 1.00. The Morgan fingerprint density at radius 3 is 2.45 bits per heavy atom. The van der Waals surface area contributed by atoms with Gasteiger partial charge in [0.15, 0.2) is 0 Å². The summed E-state index contributed by atoms with van der Waals surface area (Å²) in [5.74, 6) is 0. The minimum Gasteiger partial charge on any atom is -0.327 e. The van der Waals surface area contributed by atoms with Gasteiger partial charge in [-0.2, -0.15) is 0 Å². The molecule has 0 aliphatic heterocycles. The van der Waals surface area contributed by atoms with E-state index in [1.807, 2.05) is 0 Å². The van der Waals surface area contributed by atoms with E-state index in [9.17, 15) is 0 Å². The van der Waals surface area contributed by atoms with Crippen LogP contribution in [0.1, 0.15) is 52.4 Å². The van der Waals surface area contributed by atoms with Gasteiger partial charge >= 0.3 is 0 Å². The third kappa shape index (κ3) is 2.48. The van der Waals surface area contributed by atoms with Crippen LogP contribution in [-0.4, -0.2) is 6.04 Å². The van der Waals surface area contributed by atoms with Gasteiger partial charge < -0.3 is 5.73 Å². The standard InChI is InChI=1S/C10H21N/c1-3-4-5-6-9(11)10(2)7-8-10/h9H,3-8,11H2,1-2H3. The van der Waals surface area contributed by atoms with Crippen molar-refractivity contribution < 1.29 is 0 Å². The quantitative estimate of drug-likeness (QED) is 0.607. The maximum Gasteiger partial charge on any atom is 0.00929 e. The minimum absolute atomic E-state index is 0.481. The van der Waals surface area contributed by atoms with E-state index in [-0.39, 0.29) is 0 Å². The van der Waals surface area contributed by atoms with Gasteiger partial charge in [-0.15, -0.1) is 0 Å². The van der Waals surface area contributed by atoms with Crippen molar-refractivity contribution in [1.82, 2.24) is 0 Å². The van der Waals surface area contributed by atoms with Gasteiger partial charge in [0, 0.05) is 6.04 Å². The monoisotopic (exact) mass is 155 g/mol. The molecule has 1 fully saturated rings. The average molecular weight is 155 g/mol. The average Bonchev–Trinajstić information content (AvgIpc) is 2.70. The number of hydrogen-bond acceptors (Lipinski definition) is 1. The Bertz CT molecular complexity index is 116. The van der Waals surface area contributed by atoms with E-state index in [1.54, 1.807) is 0 Å². The molecule has 1 saturated carbocycles. The van der Waals surface area contributed by atoms with Crippen LogP contribution in [-0.2, 0) is 0 Å². The summed E-state index contributed by atoms with van der Waals surface area (Å²) in [4.78, 5) is 0. The summed E-state index contributed by atoms with van der Waals surface area (Å²) in [6.07, 6.45) is 7.95. The van der Waals surface area contributed by atoms with Crippen molar-refractivity contribution in [2.45, 2.75) is 58.4 Å². The molecule has 0 heterocycles. The Morgan fingerprint density at radius 1 is 1.36 bits per heavy atom. The first kappa shape index (κ1) is 9.05. The molecule has 0 aromatic heterocycles. The summed E-state index contributed by atoms with van der Waals surface area (Å²) < 4.78 is 0. The molecule has 1 atom stereocenters. The van der Waals surface area contributed by atoms with E-state index >= 15 is 0 Å². The zero-order valence-corrected chi connectivity index (χ0v) is 7.90. The van der Waals surface area contributed by atoms with Crippen LogP contribution in [0.3, 0.4) is 0 Å². The molecule has 0 saturated heterocycles. The fourth-order valence-electron chi connectivity index (χ4n) is 1.53. The van der Waals surface area contributed by atoms with E-state index in [0.29, 0.717) is 11.5 Å². The lowest BCUT2D eigenvalue weighted by Gasteiger charge is -2.17. The number of nitrogens with two attached hydrogens (primary N) is 1. The molecule has 1 unspecified atom stereocenters. The van der Waals surface area contributed by atoms with E-state index in [2.05, 4.69) is 13.8 Å². The maximum absolute atomic E-state index is 6.05. The molecule has 1 heteroatoms. The highest BCUT2D eigenvalue weighted by Gasteiger charge is 2.42. The highest BCUT2D eigenvalue weighted by Crippen LogP contribution is 2.48. The van der Waals surface area contributed by atoms with Crippen LogP contribution in [0.25, 0.3) is 0 Å². The first-order valence-electron chi connectivity index (χ1n) is 4.94. The second kappa shape index (κ2) is 3.57. The van der Waals surface area contributed by atoms with Crippen LogP contribution in [0.15, 0.2) is 0 Å². The van der Waals surface area contributed by atoms with Crippen LogP contribution in [0.5, 0.6) is 0 Å². The summed E-state index contributed by atoms with van der Waals surface area (Å²) in [6.45, 7) is 4.56. The van der Waals surface area contributed by atoms with Gasteiger partial charge in [0.2, 0.25) is 0 Å². The summed E-state index contributed by atoms with van der Waals surface area (Å²) in [6, 6.07) is 0.481. The summed E-state index contributed by atoms with van der Waals surface area (Å²) in [5, 5.41) is 0. The smallest absolute Gasteiger partial charge is 0.00929 e. The molecule has 0 aromatic rings. The van der Waals surface area contributed by atoms with Gasteiger partial charge in [-0.3, -0.25) is 0 Å². The molecule has 0 aromatic carbocycles. The van der Waals surface area contributed by atoms with Crippen molar-refractivity contribution in [2.24, 2.45) is 11.1 Å². The van der Waals surface area contributed by atoms with E-state index in [1.165, 1.54) is 38.5 Å². The summed E-state index contributed by atoms with van der Waals surface area (Å²) in [7, 11) is 0. The van der Waals surface area contributed by atoms with Crippen LogP contribution in [0, 0.1) is 5.41 Å². The predicted octanol–water partition coefficient (Wildman–Crippen LogP) is 2.69. The van der Waals surface area contributed by atoms with Gasteiger partial charge in [0.1, 0.15) is 0 Å². The highest BCUT2D eigenvalue weighted by atomic mass is 14.7. The first-order valence-corrected chi connectivity index (χ1v) is 4.94. The molecule has 2 N–H and O–H groups in total.